The van der Waals surface area contributed by atoms with Gasteiger partial charge in [0.1, 0.15) is 5.75 Å². The lowest BCUT2D eigenvalue weighted by Gasteiger charge is -2.25. The molecule has 1 saturated carbocycles. The number of benzene rings is 1. The van der Waals surface area contributed by atoms with Gasteiger partial charge in [-0.15, -0.1) is 0 Å². The highest BCUT2D eigenvalue weighted by Crippen LogP contribution is 2.42. The number of hydrogen-bond acceptors (Lipinski definition) is 2. The number of ether oxygens (including phenoxy) is 1. The molecule has 0 saturated heterocycles. The van der Waals surface area contributed by atoms with Crippen LogP contribution in [0.5, 0.6) is 5.75 Å². The van der Waals surface area contributed by atoms with E-state index in [0.717, 1.165) is 29.7 Å². The van der Waals surface area contributed by atoms with Crippen LogP contribution in [0, 0.1) is 5.92 Å². The summed E-state index contributed by atoms with van der Waals surface area (Å²) in [7, 11) is 2.05. The van der Waals surface area contributed by atoms with Crippen molar-refractivity contribution in [3.05, 3.63) is 28.3 Å². The molecule has 1 fully saturated rings. The molecule has 0 spiro atoms. The fraction of sp³-hybridized carbons (Fsp3) is 0.600. The topological polar surface area (TPSA) is 21.3 Å². The third kappa shape index (κ3) is 2.12. The first-order valence-corrected chi connectivity index (χ1v) is 7.30. The smallest absolute Gasteiger partial charge is 0.127 e. The average Bonchev–Trinajstić information content (AvgIpc) is 2.99. The summed E-state index contributed by atoms with van der Waals surface area (Å²) < 4.78 is 5.83. The number of rotatable bonds is 3. The third-order valence-electron chi connectivity index (χ3n) is 4.29. The molecule has 0 bridgehead atoms. The summed E-state index contributed by atoms with van der Waals surface area (Å²) in [6, 6.07) is 4.53. The van der Waals surface area contributed by atoms with Gasteiger partial charge in [-0.2, -0.15) is 0 Å². The Kier molecular flexibility index (Phi) is 3.49. The highest BCUT2D eigenvalue weighted by Gasteiger charge is 2.29. The van der Waals surface area contributed by atoms with Crippen LogP contribution in [-0.2, 0) is 6.42 Å². The minimum Gasteiger partial charge on any atom is -0.493 e. The fourth-order valence-corrected chi connectivity index (χ4v) is 3.71. The van der Waals surface area contributed by atoms with E-state index in [0.29, 0.717) is 6.04 Å². The maximum atomic E-state index is 6.25. The van der Waals surface area contributed by atoms with Crippen LogP contribution in [0.3, 0.4) is 0 Å². The molecule has 1 aromatic carbocycles. The Morgan fingerprint density at radius 1 is 1.33 bits per heavy atom. The Morgan fingerprint density at radius 3 is 2.83 bits per heavy atom. The first-order valence-electron chi connectivity index (χ1n) is 6.92. The molecule has 1 heterocycles. The molecular weight excluding hydrogens is 246 g/mol. The van der Waals surface area contributed by atoms with Crippen molar-refractivity contribution in [2.75, 3.05) is 13.7 Å². The second-order valence-corrected chi connectivity index (χ2v) is 5.83. The third-order valence-corrected chi connectivity index (χ3v) is 4.51. The lowest BCUT2D eigenvalue weighted by Crippen LogP contribution is -2.24. The molecule has 2 aliphatic rings. The first kappa shape index (κ1) is 12.3. The van der Waals surface area contributed by atoms with Gasteiger partial charge >= 0.3 is 0 Å². The predicted molar refractivity (Wildman–Crippen MR) is 74.4 cm³/mol. The van der Waals surface area contributed by atoms with Crippen molar-refractivity contribution in [2.45, 2.75) is 38.1 Å². The maximum Gasteiger partial charge on any atom is 0.127 e. The molecule has 2 nitrogen and oxygen atoms in total. The van der Waals surface area contributed by atoms with E-state index in [4.69, 9.17) is 16.3 Å². The van der Waals surface area contributed by atoms with Gasteiger partial charge in [-0.3, -0.25) is 0 Å². The summed E-state index contributed by atoms with van der Waals surface area (Å²) in [5.41, 5.74) is 2.54. The van der Waals surface area contributed by atoms with E-state index in [-0.39, 0.29) is 0 Å². The van der Waals surface area contributed by atoms with Crippen LogP contribution in [0.4, 0.5) is 0 Å². The van der Waals surface area contributed by atoms with E-state index in [9.17, 15) is 0 Å². The summed E-state index contributed by atoms with van der Waals surface area (Å²) in [5, 5.41) is 4.32. The second-order valence-electron chi connectivity index (χ2n) is 5.39. The van der Waals surface area contributed by atoms with Crippen molar-refractivity contribution in [3.8, 4) is 5.75 Å². The van der Waals surface area contributed by atoms with E-state index in [1.165, 1.54) is 36.8 Å². The molecule has 0 aromatic heterocycles. The standard InChI is InChI=1S/C15H20ClNO/c1-17-14(10-4-2-3-5-10)13-9-12(16)8-11-6-7-18-15(11)13/h8-10,14,17H,2-7H2,1H3. The normalized spacial score (nSPS) is 20.8. The van der Waals surface area contributed by atoms with Crippen molar-refractivity contribution < 1.29 is 4.74 Å². The Hall–Kier alpha value is -0.730. The van der Waals surface area contributed by atoms with Gasteiger partial charge in [-0.25, -0.2) is 0 Å². The zero-order valence-corrected chi connectivity index (χ0v) is 11.6. The minimum absolute atomic E-state index is 0.387. The van der Waals surface area contributed by atoms with E-state index in [2.05, 4.69) is 17.4 Å². The van der Waals surface area contributed by atoms with Crippen molar-refractivity contribution >= 4 is 11.6 Å². The Bertz CT molecular complexity index is 440. The van der Waals surface area contributed by atoms with Crippen LogP contribution in [0.1, 0.15) is 42.9 Å². The summed E-state index contributed by atoms with van der Waals surface area (Å²) in [6.45, 7) is 0.795. The monoisotopic (exact) mass is 265 g/mol. The van der Waals surface area contributed by atoms with Gasteiger partial charge in [-0.05, 0) is 43.5 Å². The average molecular weight is 266 g/mol. The molecule has 1 atom stereocenters. The second kappa shape index (κ2) is 5.10. The zero-order chi connectivity index (χ0) is 12.5. The molecule has 1 N–H and O–H groups in total. The van der Waals surface area contributed by atoms with Gasteiger partial charge in [0.15, 0.2) is 0 Å². The lowest BCUT2D eigenvalue weighted by molar-refractivity contribution is 0.333. The number of fused-ring (bicyclic) bond motifs is 1. The van der Waals surface area contributed by atoms with Gasteiger partial charge in [-0.1, -0.05) is 24.4 Å². The molecule has 98 valence electrons. The van der Waals surface area contributed by atoms with Gasteiger partial charge in [0.05, 0.1) is 6.61 Å². The first-order chi connectivity index (χ1) is 8.79. The molecule has 3 heteroatoms. The largest absolute Gasteiger partial charge is 0.493 e. The number of halogens is 1. The molecule has 18 heavy (non-hydrogen) atoms. The molecule has 1 aliphatic carbocycles. The van der Waals surface area contributed by atoms with Crippen molar-refractivity contribution in [1.82, 2.24) is 5.32 Å². The Balaban J connectivity index is 1.98. The molecule has 1 aliphatic heterocycles. The van der Waals surface area contributed by atoms with Gasteiger partial charge in [0.25, 0.3) is 0 Å². The predicted octanol–water partition coefficient (Wildman–Crippen LogP) is 3.73. The highest BCUT2D eigenvalue weighted by molar-refractivity contribution is 6.30. The van der Waals surface area contributed by atoms with Crippen molar-refractivity contribution in [3.63, 3.8) is 0 Å². The highest BCUT2D eigenvalue weighted by atomic mass is 35.5. The van der Waals surface area contributed by atoms with Gasteiger partial charge < -0.3 is 10.1 Å². The summed E-state index contributed by atoms with van der Waals surface area (Å²) in [5.74, 6) is 1.81. The van der Waals surface area contributed by atoms with Crippen molar-refractivity contribution in [2.24, 2.45) is 5.92 Å². The molecule has 0 radical (unpaired) electrons. The van der Waals surface area contributed by atoms with E-state index in [1.54, 1.807) is 0 Å². The Labute approximate surface area is 114 Å². The van der Waals surface area contributed by atoms with Gasteiger partial charge in [0.2, 0.25) is 0 Å². The summed E-state index contributed by atoms with van der Waals surface area (Å²) in [4.78, 5) is 0. The van der Waals surface area contributed by atoms with Crippen LogP contribution in [0.2, 0.25) is 5.02 Å². The molecule has 1 aromatic rings. The van der Waals surface area contributed by atoms with Crippen LogP contribution in [-0.4, -0.2) is 13.7 Å². The zero-order valence-electron chi connectivity index (χ0n) is 10.8. The van der Waals surface area contributed by atoms with Gasteiger partial charge in [0, 0.05) is 23.0 Å². The van der Waals surface area contributed by atoms with Crippen LogP contribution in [0.15, 0.2) is 12.1 Å². The Morgan fingerprint density at radius 2 is 2.11 bits per heavy atom. The molecule has 1 unspecified atom stereocenters. The summed E-state index contributed by atoms with van der Waals surface area (Å²) >= 11 is 6.25. The minimum atomic E-state index is 0.387. The number of nitrogens with one attached hydrogen (secondary N) is 1. The fourth-order valence-electron chi connectivity index (χ4n) is 3.46. The van der Waals surface area contributed by atoms with E-state index < -0.39 is 0 Å². The lowest BCUT2D eigenvalue weighted by atomic mass is 9.90. The van der Waals surface area contributed by atoms with Crippen LogP contribution >= 0.6 is 11.6 Å². The van der Waals surface area contributed by atoms with E-state index >= 15 is 0 Å². The quantitative estimate of drug-likeness (QED) is 0.899. The maximum absolute atomic E-state index is 6.25. The summed E-state index contributed by atoms with van der Waals surface area (Å²) in [6.07, 6.45) is 6.32. The number of hydrogen-bond donors (Lipinski definition) is 1. The SMILES string of the molecule is CNC(c1cc(Cl)cc2c1OCC2)C1CCCC1. The van der Waals surface area contributed by atoms with E-state index in [1.807, 2.05) is 7.05 Å². The molecule has 0 amide bonds. The molecular formula is C15H20ClNO. The van der Waals surface area contributed by atoms with Crippen molar-refractivity contribution in [1.29, 1.82) is 0 Å². The van der Waals surface area contributed by atoms with Crippen LogP contribution in [0.25, 0.3) is 0 Å². The van der Waals surface area contributed by atoms with Crippen LogP contribution < -0.4 is 10.1 Å². The molecule has 3 rings (SSSR count).